The first-order valence-corrected chi connectivity index (χ1v) is 13.5. The van der Waals surface area contributed by atoms with Crippen molar-refractivity contribution >= 4 is 27.5 Å². The molecule has 8 nitrogen and oxygen atoms in total. The van der Waals surface area contributed by atoms with Gasteiger partial charge in [-0.3, -0.25) is 13.9 Å². The van der Waals surface area contributed by atoms with Crippen LogP contribution in [0, 0.1) is 0 Å². The minimum atomic E-state index is -4.63. The van der Waals surface area contributed by atoms with Crippen LogP contribution in [-0.4, -0.2) is 57.6 Å². The van der Waals surface area contributed by atoms with Crippen molar-refractivity contribution in [2.75, 3.05) is 30.8 Å². The molecule has 0 heterocycles. The molecule has 1 N–H and O–H groups in total. The minimum Gasteiger partial charge on any atom is -0.497 e. The van der Waals surface area contributed by atoms with Gasteiger partial charge in [-0.05, 0) is 56.2 Å². The number of likely N-dealkylation sites (N-methyl/N-ethyl adjacent to an activating group) is 1. The lowest BCUT2D eigenvalue weighted by Crippen LogP contribution is -2.47. The number of anilines is 1. The number of sulfonamides is 1. The summed E-state index contributed by atoms with van der Waals surface area (Å²) in [6.45, 7) is 3.65. The maximum absolute atomic E-state index is 13.2. The molecule has 0 fully saturated rings. The number of nitrogens with one attached hydrogen (secondary N) is 1. The standard InChI is InChI=1S/C25H32F3N3O5S/c1-5-29-24(33)18(2)30(17-19-11-13-22(36-3)14-12-19)23(32)10-7-15-31(37(4,34)35)21-9-6-8-20(16-21)25(26,27)28/h6,8-9,11-14,16,18H,5,7,10,15,17H2,1-4H3,(H,29,33). The predicted molar refractivity (Wildman–Crippen MR) is 135 cm³/mol. The summed E-state index contributed by atoms with van der Waals surface area (Å²) >= 11 is 0. The summed E-state index contributed by atoms with van der Waals surface area (Å²) in [4.78, 5) is 27.1. The van der Waals surface area contributed by atoms with Crippen LogP contribution >= 0.6 is 0 Å². The van der Waals surface area contributed by atoms with Gasteiger partial charge in [0, 0.05) is 26.1 Å². The molecule has 0 saturated heterocycles. The van der Waals surface area contributed by atoms with Crippen LogP contribution in [-0.2, 0) is 32.3 Å². The zero-order valence-corrected chi connectivity index (χ0v) is 22.0. The molecule has 2 rings (SSSR count). The van der Waals surface area contributed by atoms with Crippen LogP contribution in [0.5, 0.6) is 5.75 Å². The fourth-order valence-electron chi connectivity index (χ4n) is 3.67. The summed E-state index contributed by atoms with van der Waals surface area (Å²) in [7, 11) is -2.40. The van der Waals surface area contributed by atoms with E-state index in [4.69, 9.17) is 4.74 Å². The molecular formula is C25H32F3N3O5S. The van der Waals surface area contributed by atoms with Crippen LogP contribution < -0.4 is 14.4 Å². The number of benzene rings is 2. The fourth-order valence-corrected chi connectivity index (χ4v) is 4.63. The molecule has 37 heavy (non-hydrogen) atoms. The van der Waals surface area contributed by atoms with Crippen molar-refractivity contribution < 1.29 is 35.9 Å². The van der Waals surface area contributed by atoms with Crippen molar-refractivity contribution in [3.63, 3.8) is 0 Å². The van der Waals surface area contributed by atoms with Crippen molar-refractivity contribution in [2.24, 2.45) is 0 Å². The Morgan fingerprint density at radius 2 is 1.76 bits per heavy atom. The highest BCUT2D eigenvalue weighted by atomic mass is 32.2. The molecular weight excluding hydrogens is 511 g/mol. The van der Waals surface area contributed by atoms with Gasteiger partial charge >= 0.3 is 6.18 Å². The van der Waals surface area contributed by atoms with Crippen LogP contribution in [0.2, 0.25) is 0 Å². The number of carbonyl (C=O) groups excluding carboxylic acids is 2. The highest BCUT2D eigenvalue weighted by molar-refractivity contribution is 7.92. The average Bonchev–Trinajstić information content (AvgIpc) is 2.84. The van der Waals surface area contributed by atoms with Crippen molar-refractivity contribution in [3.8, 4) is 5.75 Å². The van der Waals surface area contributed by atoms with E-state index in [1.54, 1.807) is 38.1 Å². The van der Waals surface area contributed by atoms with Crippen LogP contribution in [0.1, 0.15) is 37.8 Å². The zero-order chi connectivity index (χ0) is 27.8. The monoisotopic (exact) mass is 543 g/mol. The number of halogens is 3. The maximum Gasteiger partial charge on any atom is 0.416 e. The summed E-state index contributed by atoms with van der Waals surface area (Å²) in [6, 6.07) is 10.2. The van der Waals surface area contributed by atoms with Crippen LogP contribution in [0.4, 0.5) is 18.9 Å². The number of hydrogen-bond donors (Lipinski definition) is 1. The Balaban J connectivity index is 2.20. The van der Waals surface area contributed by atoms with Crippen LogP contribution in [0.25, 0.3) is 0 Å². The number of alkyl halides is 3. The SMILES string of the molecule is CCNC(=O)C(C)N(Cc1ccc(OC)cc1)C(=O)CCCN(c1cccc(C(F)(F)F)c1)S(C)(=O)=O. The molecule has 0 radical (unpaired) electrons. The van der Waals surface area contributed by atoms with Gasteiger partial charge in [0.1, 0.15) is 11.8 Å². The second kappa shape index (κ2) is 12.8. The molecule has 0 aliphatic carbocycles. The third kappa shape index (κ3) is 8.66. The Hall–Kier alpha value is -3.28. The molecule has 2 amide bonds. The Morgan fingerprint density at radius 3 is 2.30 bits per heavy atom. The van der Waals surface area contributed by atoms with E-state index in [9.17, 15) is 31.2 Å². The van der Waals surface area contributed by atoms with E-state index in [-0.39, 0.29) is 37.5 Å². The topological polar surface area (TPSA) is 96.0 Å². The van der Waals surface area contributed by atoms with Crippen molar-refractivity contribution in [2.45, 2.75) is 45.5 Å². The molecule has 0 saturated carbocycles. The molecule has 0 spiro atoms. The summed E-state index contributed by atoms with van der Waals surface area (Å²) in [5.41, 5.74) is -0.362. The summed E-state index contributed by atoms with van der Waals surface area (Å²) < 4.78 is 70.1. The summed E-state index contributed by atoms with van der Waals surface area (Å²) in [6.07, 6.45) is -3.83. The molecule has 0 aliphatic heterocycles. The van der Waals surface area contributed by atoms with Gasteiger partial charge in [0.05, 0.1) is 24.6 Å². The predicted octanol–water partition coefficient (Wildman–Crippen LogP) is 3.81. The Labute approximate surface area is 215 Å². The minimum absolute atomic E-state index is 0.0311. The van der Waals surface area contributed by atoms with Crippen LogP contribution in [0.15, 0.2) is 48.5 Å². The van der Waals surface area contributed by atoms with Crippen molar-refractivity contribution in [3.05, 3.63) is 59.7 Å². The zero-order valence-electron chi connectivity index (χ0n) is 21.2. The maximum atomic E-state index is 13.2. The molecule has 1 unspecified atom stereocenters. The number of amides is 2. The third-order valence-corrected chi connectivity index (χ3v) is 6.84. The van der Waals surface area contributed by atoms with Gasteiger partial charge in [0.15, 0.2) is 0 Å². The largest absolute Gasteiger partial charge is 0.497 e. The second-order valence-corrected chi connectivity index (χ2v) is 10.3. The van der Waals surface area contributed by atoms with E-state index in [0.717, 1.165) is 34.3 Å². The van der Waals surface area contributed by atoms with E-state index in [1.807, 2.05) is 0 Å². The number of nitrogens with zero attached hydrogens (tertiary/aromatic N) is 2. The second-order valence-electron chi connectivity index (χ2n) is 8.43. The molecule has 0 aliphatic rings. The lowest BCUT2D eigenvalue weighted by Gasteiger charge is -2.29. The number of carbonyl (C=O) groups is 2. The van der Waals surface area contributed by atoms with Gasteiger partial charge in [0.2, 0.25) is 21.8 Å². The number of hydrogen-bond acceptors (Lipinski definition) is 5. The summed E-state index contributed by atoms with van der Waals surface area (Å²) in [5, 5.41) is 2.69. The van der Waals surface area contributed by atoms with E-state index < -0.39 is 33.7 Å². The quantitative estimate of drug-likeness (QED) is 0.439. The molecule has 0 bridgehead atoms. The van der Waals surface area contributed by atoms with Gasteiger partial charge in [-0.15, -0.1) is 0 Å². The smallest absolute Gasteiger partial charge is 0.416 e. The Morgan fingerprint density at radius 1 is 1.11 bits per heavy atom. The molecule has 0 aromatic heterocycles. The first-order chi connectivity index (χ1) is 17.3. The first kappa shape index (κ1) is 29.9. The lowest BCUT2D eigenvalue weighted by molar-refractivity contribution is -0.140. The average molecular weight is 544 g/mol. The number of ether oxygens (including phenoxy) is 1. The van der Waals surface area contributed by atoms with Gasteiger partial charge in [0.25, 0.3) is 0 Å². The van der Waals surface area contributed by atoms with Gasteiger partial charge in [-0.25, -0.2) is 8.42 Å². The Bertz CT molecular complexity index is 1170. The molecule has 12 heteroatoms. The highest BCUT2D eigenvalue weighted by Gasteiger charge is 2.32. The van der Waals surface area contributed by atoms with Crippen molar-refractivity contribution in [1.82, 2.24) is 10.2 Å². The number of rotatable bonds is 12. The first-order valence-electron chi connectivity index (χ1n) is 11.6. The van der Waals surface area contributed by atoms with Crippen molar-refractivity contribution in [1.29, 1.82) is 0 Å². The molecule has 2 aromatic carbocycles. The van der Waals surface area contributed by atoms with E-state index in [2.05, 4.69) is 5.32 Å². The van der Waals surface area contributed by atoms with Gasteiger partial charge in [-0.2, -0.15) is 13.2 Å². The molecule has 1 atom stereocenters. The fraction of sp³-hybridized carbons (Fsp3) is 0.440. The highest BCUT2D eigenvalue weighted by Crippen LogP contribution is 2.32. The Kier molecular flexibility index (Phi) is 10.4. The van der Waals surface area contributed by atoms with Gasteiger partial charge in [-0.1, -0.05) is 18.2 Å². The third-order valence-electron chi connectivity index (χ3n) is 5.64. The van der Waals surface area contributed by atoms with E-state index in [1.165, 1.54) is 18.1 Å². The molecule has 2 aromatic rings. The number of methoxy groups -OCH3 is 1. The lowest BCUT2D eigenvalue weighted by atomic mass is 10.1. The van der Waals surface area contributed by atoms with Crippen LogP contribution in [0.3, 0.4) is 0 Å². The van der Waals surface area contributed by atoms with E-state index in [0.29, 0.717) is 12.3 Å². The molecule has 204 valence electrons. The normalized spacial score (nSPS) is 12.5. The van der Waals surface area contributed by atoms with E-state index >= 15 is 0 Å². The van der Waals surface area contributed by atoms with Gasteiger partial charge < -0.3 is 15.0 Å². The summed E-state index contributed by atoms with van der Waals surface area (Å²) in [5.74, 6) is -0.105.